The molecular formula is C19H33ClIN5O2. The van der Waals surface area contributed by atoms with E-state index in [1.54, 1.807) is 19.3 Å². The zero-order valence-electron chi connectivity index (χ0n) is 17.3. The Bertz CT molecular complexity index is 605. The van der Waals surface area contributed by atoms with Crippen molar-refractivity contribution in [3.8, 4) is 0 Å². The van der Waals surface area contributed by atoms with Gasteiger partial charge in [0.25, 0.3) is 0 Å². The minimum absolute atomic E-state index is 0. The lowest BCUT2D eigenvalue weighted by Crippen LogP contribution is -2.48. The van der Waals surface area contributed by atoms with Crippen LogP contribution in [0.5, 0.6) is 0 Å². The van der Waals surface area contributed by atoms with Crippen molar-refractivity contribution in [3.63, 3.8) is 0 Å². The Balaban J connectivity index is 0.00000729. The van der Waals surface area contributed by atoms with Crippen LogP contribution < -0.4 is 16.0 Å². The van der Waals surface area contributed by atoms with Gasteiger partial charge in [-0.25, -0.2) is 9.78 Å². The molecular weight excluding hydrogens is 493 g/mol. The molecule has 1 atom stereocenters. The lowest BCUT2D eigenvalue weighted by molar-refractivity contribution is 0.0523. The van der Waals surface area contributed by atoms with Crippen molar-refractivity contribution < 1.29 is 9.53 Å². The van der Waals surface area contributed by atoms with Gasteiger partial charge in [-0.05, 0) is 38.8 Å². The van der Waals surface area contributed by atoms with E-state index in [2.05, 4.69) is 32.9 Å². The normalized spacial score (nSPS) is 12.6. The van der Waals surface area contributed by atoms with Crippen LogP contribution in [0.4, 0.5) is 4.79 Å². The van der Waals surface area contributed by atoms with Crippen LogP contribution in [0.15, 0.2) is 23.3 Å². The molecule has 0 saturated heterocycles. The van der Waals surface area contributed by atoms with Crippen LogP contribution in [0.2, 0.25) is 5.15 Å². The van der Waals surface area contributed by atoms with Gasteiger partial charge >= 0.3 is 6.09 Å². The number of hydrogen-bond donors (Lipinski definition) is 3. The monoisotopic (exact) mass is 525 g/mol. The molecule has 1 aromatic rings. The van der Waals surface area contributed by atoms with Gasteiger partial charge in [-0.15, -0.1) is 24.0 Å². The van der Waals surface area contributed by atoms with E-state index < -0.39 is 11.7 Å². The Hall–Kier alpha value is -1.29. The molecule has 0 bridgehead atoms. The second-order valence-electron chi connectivity index (χ2n) is 7.28. The number of amides is 1. The summed E-state index contributed by atoms with van der Waals surface area (Å²) in [6, 6.07) is 3.71. The van der Waals surface area contributed by atoms with Crippen molar-refractivity contribution in [3.05, 3.63) is 29.0 Å². The third kappa shape index (κ3) is 12.2. The summed E-state index contributed by atoms with van der Waals surface area (Å²) >= 11 is 5.81. The highest BCUT2D eigenvalue weighted by molar-refractivity contribution is 14.0. The molecule has 7 nitrogen and oxygen atoms in total. The number of nitrogens with zero attached hydrogens (tertiary/aromatic N) is 2. The van der Waals surface area contributed by atoms with E-state index in [1.165, 1.54) is 0 Å². The lowest BCUT2D eigenvalue weighted by atomic mass is 10.1. The van der Waals surface area contributed by atoms with Crippen molar-refractivity contribution in [2.75, 3.05) is 13.6 Å². The third-order valence-electron chi connectivity index (χ3n) is 3.61. The first-order valence-corrected chi connectivity index (χ1v) is 9.65. The van der Waals surface area contributed by atoms with Gasteiger partial charge in [0.05, 0.1) is 0 Å². The molecule has 0 radical (unpaired) electrons. The number of aromatic nitrogens is 1. The summed E-state index contributed by atoms with van der Waals surface area (Å²) in [5, 5.41) is 9.90. The Morgan fingerprint density at radius 2 is 2.04 bits per heavy atom. The second kappa shape index (κ2) is 13.8. The standard InChI is InChI=1S/C19H32ClN5O2.HI/c1-6-7-8-15(13-24-18(26)27-19(2,3)4)25-17(21-5)23-12-14-9-10-16(20)22-11-14;/h9-11,15H,6-8,12-13H2,1-5H3,(H,24,26)(H2,21,23,25);1H. The topological polar surface area (TPSA) is 87.6 Å². The number of unbranched alkanes of at least 4 members (excludes halogenated alkanes) is 1. The minimum Gasteiger partial charge on any atom is -0.444 e. The molecule has 1 rings (SSSR count). The highest BCUT2D eigenvalue weighted by atomic mass is 127. The lowest BCUT2D eigenvalue weighted by Gasteiger charge is -2.24. The Labute approximate surface area is 190 Å². The molecule has 160 valence electrons. The Kier molecular flexibility index (Phi) is 13.2. The molecule has 0 saturated carbocycles. The molecule has 1 heterocycles. The van der Waals surface area contributed by atoms with Crippen molar-refractivity contribution in [2.45, 2.75) is 65.1 Å². The second-order valence-corrected chi connectivity index (χ2v) is 7.67. The average Bonchev–Trinajstić information content (AvgIpc) is 2.60. The zero-order chi connectivity index (χ0) is 20.3. The molecule has 1 amide bonds. The molecule has 1 unspecified atom stereocenters. The first kappa shape index (κ1) is 26.7. The van der Waals surface area contributed by atoms with Crippen molar-refractivity contribution in [2.24, 2.45) is 4.99 Å². The van der Waals surface area contributed by atoms with Crippen LogP contribution in [0.3, 0.4) is 0 Å². The van der Waals surface area contributed by atoms with Crippen LogP contribution in [0.25, 0.3) is 0 Å². The maximum Gasteiger partial charge on any atom is 0.407 e. The largest absolute Gasteiger partial charge is 0.444 e. The first-order valence-electron chi connectivity index (χ1n) is 9.28. The van der Waals surface area contributed by atoms with Crippen LogP contribution in [-0.4, -0.2) is 42.3 Å². The van der Waals surface area contributed by atoms with Gasteiger partial charge in [0, 0.05) is 32.4 Å². The van der Waals surface area contributed by atoms with Gasteiger partial charge in [0.15, 0.2) is 5.96 Å². The number of aliphatic imine (C=N–C) groups is 1. The predicted molar refractivity (Wildman–Crippen MR) is 126 cm³/mol. The van der Waals surface area contributed by atoms with Crippen LogP contribution in [0.1, 0.15) is 52.5 Å². The highest BCUT2D eigenvalue weighted by Crippen LogP contribution is 2.07. The summed E-state index contributed by atoms with van der Waals surface area (Å²) in [4.78, 5) is 20.2. The molecule has 0 spiro atoms. The number of alkyl carbamates (subject to hydrolysis) is 1. The maximum atomic E-state index is 11.9. The van der Waals surface area contributed by atoms with Gasteiger partial charge in [-0.2, -0.15) is 0 Å². The van der Waals surface area contributed by atoms with E-state index in [0.29, 0.717) is 24.2 Å². The van der Waals surface area contributed by atoms with E-state index in [-0.39, 0.29) is 30.0 Å². The van der Waals surface area contributed by atoms with Crippen LogP contribution in [-0.2, 0) is 11.3 Å². The average molecular weight is 526 g/mol. The van der Waals surface area contributed by atoms with Crippen molar-refractivity contribution in [1.29, 1.82) is 0 Å². The van der Waals surface area contributed by atoms with Crippen LogP contribution in [0, 0.1) is 0 Å². The molecule has 3 N–H and O–H groups in total. The van der Waals surface area contributed by atoms with Crippen LogP contribution >= 0.6 is 35.6 Å². The highest BCUT2D eigenvalue weighted by Gasteiger charge is 2.18. The molecule has 0 aromatic carbocycles. The molecule has 1 aromatic heterocycles. The number of hydrogen-bond acceptors (Lipinski definition) is 4. The number of halogens is 2. The van der Waals surface area contributed by atoms with Gasteiger partial charge < -0.3 is 20.7 Å². The van der Waals surface area contributed by atoms with E-state index >= 15 is 0 Å². The number of carbonyl (C=O) groups is 1. The van der Waals surface area contributed by atoms with Gasteiger partial charge in [-0.3, -0.25) is 4.99 Å². The number of ether oxygens (including phenoxy) is 1. The summed E-state index contributed by atoms with van der Waals surface area (Å²) in [6.45, 7) is 8.70. The summed E-state index contributed by atoms with van der Waals surface area (Å²) < 4.78 is 5.30. The molecule has 0 aliphatic rings. The van der Waals surface area contributed by atoms with E-state index in [9.17, 15) is 4.79 Å². The maximum absolute atomic E-state index is 11.9. The quantitative estimate of drug-likeness (QED) is 0.206. The third-order valence-corrected chi connectivity index (χ3v) is 3.83. The molecule has 0 fully saturated rings. The summed E-state index contributed by atoms with van der Waals surface area (Å²) in [5.74, 6) is 0.664. The molecule has 28 heavy (non-hydrogen) atoms. The number of carbonyl (C=O) groups excluding carboxylic acids is 1. The predicted octanol–water partition coefficient (Wildman–Crippen LogP) is 4.10. The minimum atomic E-state index is -0.513. The van der Waals surface area contributed by atoms with Gasteiger partial charge in [0.1, 0.15) is 10.8 Å². The Morgan fingerprint density at radius 3 is 2.57 bits per heavy atom. The zero-order valence-corrected chi connectivity index (χ0v) is 20.4. The van der Waals surface area contributed by atoms with E-state index in [4.69, 9.17) is 16.3 Å². The first-order chi connectivity index (χ1) is 12.7. The Morgan fingerprint density at radius 1 is 1.32 bits per heavy atom. The number of guanidine groups is 1. The SMILES string of the molecule is CCCCC(CNC(=O)OC(C)(C)C)NC(=NC)NCc1ccc(Cl)nc1.I. The summed E-state index contributed by atoms with van der Waals surface area (Å²) in [5.41, 5.74) is 0.486. The number of nitrogens with one attached hydrogen (secondary N) is 3. The van der Waals surface area contributed by atoms with Gasteiger partial charge in [0.2, 0.25) is 0 Å². The van der Waals surface area contributed by atoms with Crippen molar-refractivity contribution >= 4 is 47.6 Å². The number of pyridine rings is 1. The van der Waals surface area contributed by atoms with E-state index in [0.717, 1.165) is 24.8 Å². The summed E-state index contributed by atoms with van der Waals surface area (Å²) in [6.07, 6.45) is 4.34. The summed E-state index contributed by atoms with van der Waals surface area (Å²) in [7, 11) is 1.72. The van der Waals surface area contributed by atoms with Gasteiger partial charge in [-0.1, -0.05) is 37.4 Å². The fourth-order valence-corrected chi connectivity index (χ4v) is 2.39. The smallest absolute Gasteiger partial charge is 0.407 e. The molecule has 0 aliphatic heterocycles. The van der Waals surface area contributed by atoms with Crippen molar-refractivity contribution in [1.82, 2.24) is 20.9 Å². The molecule has 9 heteroatoms. The van der Waals surface area contributed by atoms with E-state index in [1.807, 2.05) is 26.8 Å². The fourth-order valence-electron chi connectivity index (χ4n) is 2.28. The molecule has 0 aliphatic carbocycles. The number of rotatable bonds is 8. The fraction of sp³-hybridized carbons (Fsp3) is 0.632.